The Morgan fingerprint density at radius 3 is 2.81 bits per heavy atom. The van der Waals surface area contributed by atoms with Gasteiger partial charge >= 0.3 is 0 Å². The Balaban J connectivity index is 1.72. The van der Waals surface area contributed by atoms with Crippen molar-refractivity contribution < 1.29 is 9.59 Å². The monoisotopic (exact) mass is 283 g/mol. The fourth-order valence-corrected chi connectivity index (χ4v) is 2.40. The van der Waals surface area contributed by atoms with Crippen LogP contribution in [-0.2, 0) is 4.79 Å². The van der Waals surface area contributed by atoms with Crippen molar-refractivity contribution >= 4 is 17.5 Å². The normalized spacial score (nSPS) is 16.2. The van der Waals surface area contributed by atoms with Gasteiger partial charge in [0.25, 0.3) is 5.91 Å². The number of hydrogen-bond acceptors (Lipinski definition) is 3. The molecule has 1 atom stereocenters. The number of rotatable bonds is 3. The van der Waals surface area contributed by atoms with E-state index >= 15 is 0 Å². The maximum Gasteiger partial charge on any atom is 0.252 e. The van der Waals surface area contributed by atoms with E-state index in [9.17, 15) is 14.4 Å². The number of amides is 2. The van der Waals surface area contributed by atoms with Crippen LogP contribution in [0.5, 0.6) is 0 Å². The molecule has 1 aliphatic rings. The molecule has 2 amide bonds. The van der Waals surface area contributed by atoms with E-state index in [4.69, 9.17) is 0 Å². The van der Waals surface area contributed by atoms with Crippen LogP contribution in [0, 0.1) is 0 Å². The Kier molecular flexibility index (Phi) is 3.27. The summed E-state index contributed by atoms with van der Waals surface area (Å²) in [6, 6.07) is 9.76. The second-order valence-corrected chi connectivity index (χ2v) is 4.81. The molecule has 3 rings (SSSR count). The largest absolute Gasteiger partial charge is 0.345 e. The molecule has 1 unspecified atom stereocenters. The fraction of sp³-hybridized carbons (Fsp3) is 0.133. The van der Waals surface area contributed by atoms with Crippen molar-refractivity contribution in [3.05, 3.63) is 64.1 Å². The summed E-state index contributed by atoms with van der Waals surface area (Å²) in [5, 5.41) is 5.42. The fourth-order valence-electron chi connectivity index (χ4n) is 2.40. The first-order valence-electron chi connectivity index (χ1n) is 6.52. The number of aromatic nitrogens is 1. The zero-order valence-electron chi connectivity index (χ0n) is 11.1. The van der Waals surface area contributed by atoms with Gasteiger partial charge in [-0.25, -0.2) is 0 Å². The van der Waals surface area contributed by atoms with Crippen molar-refractivity contribution in [1.29, 1.82) is 0 Å². The second kappa shape index (κ2) is 5.24. The third-order valence-corrected chi connectivity index (χ3v) is 3.33. The summed E-state index contributed by atoms with van der Waals surface area (Å²) in [4.78, 5) is 37.4. The molecular formula is C15H13N3O3. The molecule has 6 heteroatoms. The Labute approximate surface area is 120 Å². The summed E-state index contributed by atoms with van der Waals surface area (Å²) in [5.74, 6) is -0.429. The van der Waals surface area contributed by atoms with Crippen LogP contribution in [0.2, 0.25) is 0 Å². The van der Waals surface area contributed by atoms with Gasteiger partial charge in [-0.3, -0.25) is 14.4 Å². The molecule has 1 aromatic carbocycles. The number of anilines is 1. The molecule has 0 bridgehead atoms. The number of nitrogens with one attached hydrogen (secondary N) is 3. The van der Waals surface area contributed by atoms with Crippen molar-refractivity contribution in [2.45, 2.75) is 12.5 Å². The van der Waals surface area contributed by atoms with Crippen LogP contribution in [0.4, 0.5) is 5.69 Å². The quantitative estimate of drug-likeness (QED) is 0.790. The first-order chi connectivity index (χ1) is 10.1. The highest BCUT2D eigenvalue weighted by molar-refractivity contribution is 6.00. The van der Waals surface area contributed by atoms with Gasteiger partial charge in [0.1, 0.15) is 0 Å². The molecule has 0 saturated carbocycles. The third-order valence-electron chi connectivity index (χ3n) is 3.33. The molecule has 0 fully saturated rings. The number of fused-ring (bicyclic) bond motifs is 1. The predicted octanol–water partition coefficient (Wildman–Crippen LogP) is 1.19. The van der Waals surface area contributed by atoms with Gasteiger partial charge < -0.3 is 15.6 Å². The van der Waals surface area contributed by atoms with Gasteiger partial charge in [-0.1, -0.05) is 18.2 Å². The lowest BCUT2D eigenvalue weighted by molar-refractivity contribution is -0.116. The number of H-pyrrole nitrogens is 1. The molecule has 2 aromatic rings. The van der Waals surface area contributed by atoms with Gasteiger partial charge in [0.05, 0.1) is 12.5 Å². The summed E-state index contributed by atoms with van der Waals surface area (Å²) in [7, 11) is 0. The molecule has 2 heterocycles. The average Bonchev–Trinajstić information content (AvgIpc) is 2.76. The van der Waals surface area contributed by atoms with Gasteiger partial charge in [0.2, 0.25) is 11.5 Å². The van der Waals surface area contributed by atoms with Crippen molar-refractivity contribution in [2.24, 2.45) is 0 Å². The van der Waals surface area contributed by atoms with Crippen LogP contribution in [-0.4, -0.2) is 16.8 Å². The van der Waals surface area contributed by atoms with Crippen molar-refractivity contribution in [1.82, 2.24) is 10.3 Å². The lowest BCUT2D eigenvalue weighted by atomic mass is 10.0. The summed E-state index contributed by atoms with van der Waals surface area (Å²) >= 11 is 0. The summed E-state index contributed by atoms with van der Waals surface area (Å²) < 4.78 is 0. The molecule has 0 aliphatic carbocycles. The zero-order valence-corrected chi connectivity index (χ0v) is 11.1. The van der Waals surface area contributed by atoms with E-state index in [-0.39, 0.29) is 29.8 Å². The van der Waals surface area contributed by atoms with Gasteiger partial charge in [0, 0.05) is 23.5 Å². The topological polar surface area (TPSA) is 91.1 Å². The van der Waals surface area contributed by atoms with Crippen molar-refractivity contribution in [2.75, 3.05) is 5.32 Å². The molecular weight excluding hydrogens is 270 g/mol. The minimum atomic E-state index is -0.337. The summed E-state index contributed by atoms with van der Waals surface area (Å²) in [6.45, 7) is 0. The summed E-state index contributed by atoms with van der Waals surface area (Å²) in [6.07, 6.45) is 1.58. The molecule has 1 aliphatic heterocycles. The number of benzene rings is 1. The van der Waals surface area contributed by atoms with Crippen molar-refractivity contribution in [3.63, 3.8) is 0 Å². The number of aromatic amines is 1. The van der Waals surface area contributed by atoms with Gasteiger partial charge in [-0.2, -0.15) is 0 Å². The first-order valence-corrected chi connectivity index (χ1v) is 6.52. The number of hydrogen-bond donors (Lipinski definition) is 3. The molecule has 6 nitrogen and oxygen atoms in total. The number of carbonyl (C=O) groups excluding carboxylic acids is 2. The third kappa shape index (κ3) is 2.69. The van der Waals surface area contributed by atoms with Crippen LogP contribution in [0.1, 0.15) is 28.4 Å². The highest BCUT2D eigenvalue weighted by Gasteiger charge is 2.29. The van der Waals surface area contributed by atoms with E-state index in [0.717, 1.165) is 5.56 Å². The Hall–Kier alpha value is -2.89. The molecule has 1 aromatic heterocycles. The van der Waals surface area contributed by atoms with Crippen LogP contribution in [0.15, 0.2) is 47.4 Å². The minimum Gasteiger partial charge on any atom is -0.345 e. The zero-order chi connectivity index (χ0) is 14.8. The smallest absolute Gasteiger partial charge is 0.252 e. The lowest BCUT2D eigenvalue weighted by Crippen LogP contribution is -2.24. The van der Waals surface area contributed by atoms with E-state index in [1.54, 1.807) is 18.2 Å². The number of pyridine rings is 1. The molecule has 3 N–H and O–H groups in total. The molecule has 0 radical (unpaired) electrons. The maximum atomic E-state index is 12.0. The van der Waals surface area contributed by atoms with Gasteiger partial charge in [0.15, 0.2) is 0 Å². The maximum absolute atomic E-state index is 12.0. The lowest BCUT2D eigenvalue weighted by Gasteiger charge is -2.11. The van der Waals surface area contributed by atoms with E-state index in [1.165, 1.54) is 12.3 Å². The highest BCUT2D eigenvalue weighted by Crippen LogP contribution is 2.27. The van der Waals surface area contributed by atoms with Crippen LogP contribution in [0.3, 0.4) is 0 Å². The molecule has 0 spiro atoms. The molecule has 0 saturated heterocycles. The van der Waals surface area contributed by atoms with Crippen LogP contribution < -0.4 is 16.2 Å². The van der Waals surface area contributed by atoms with Crippen LogP contribution in [0.25, 0.3) is 0 Å². The minimum absolute atomic E-state index is 0.121. The Bertz CT molecular complexity index is 767. The van der Waals surface area contributed by atoms with E-state index in [2.05, 4.69) is 15.6 Å². The number of carbonyl (C=O) groups is 2. The predicted molar refractivity (Wildman–Crippen MR) is 77.0 cm³/mol. The van der Waals surface area contributed by atoms with Gasteiger partial charge in [-0.15, -0.1) is 0 Å². The van der Waals surface area contributed by atoms with E-state index < -0.39 is 0 Å². The SMILES string of the molecule is O=C(CC1NC(=O)c2ccccc21)Nc1cc[nH]c(=O)c1. The molecule has 106 valence electrons. The standard InChI is InChI=1S/C15H13N3O3/c19-13-7-9(5-6-16-13)17-14(20)8-12-10-3-1-2-4-11(10)15(21)18-12/h1-7,12H,8H2,(H,18,21)(H2,16,17,19,20). The summed E-state index contributed by atoms with van der Waals surface area (Å²) in [5.41, 5.74) is 1.57. The first kappa shape index (κ1) is 13.1. The highest BCUT2D eigenvalue weighted by atomic mass is 16.2. The molecule has 21 heavy (non-hydrogen) atoms. The van der Waals surface area contributed by atoms with Crippen molar-refractivity contribution in [3.8, 4) is 0 Å². The Morgan fingerprint density at radius 1 is 1.19 bits per heavy atom. The van der Waals surface area contributed by atoms with Gasteiger partial charge in [-0.05, 0) is 17.7 Å². The second-order valence-electron chi connectivity index (χ2n) is 4.81. The average molecular weight is 283 g/mol. The van der Waals surface area contributed by atoms with Crippen LogP contribution >= 0.6 is 0 Å². The Morgan fingerprint density at radius 2 is 2.00 bits per heavy atom. The van der Waals surface area contributed by atoms with E-state index in [0.29, 0.717) is 11.3 Å². The van der Waals surface area contributed by atoms with E-state index in [1.807, 2.05) is 12.1 Å².